The summed E-state index contributed by atoms with van der Waals surface area (Å²) in [4.78, 5) is 12.4. The highest BCUT2D eigenvalue weighted by Gasteiger charge is 2.17. The van der Waals surface area contributed by atoms with E-state index in [9.17, 15) is 4.79 Å². The van der Waals surface area contributed by atoms with E-state index in [0.29, 0.717) is 16.1 Å². The third kappa shape index (κ3) is 4.48. The van der Waals surface area contributed by atoms with Crippen LogP contribution in [0.25, 0.3) is 5.95 Å². The lowest BCUT2D eigenvalue weighted by Crippen LogP contribution is -2.29. The molecule has 2 heterocycles. The lowest BCUT2D eigenvalue weighted by atomic mass is 10.0. The van der Waals surface area contributed by atoms with Crippen molar-refractivity contribution in [1.82, 2.24) is 30.0 Å². The van der Waals surface area contributed by atoms with Gasteiger partial charge in [0.2, 0.25) is 11.1 Å². The van der Waals surface area contributed by atoms with E-state index < -0.39 is 0 Å². The van der Waals surface area contributed by atoms with Crippen LogP contribution in [-0.2, 0) is 4.79 Å². The number of nitrogens with one attached hydrogen (secondary N) is 1. The number of benzene rings is 1. The number of carbonyl (C=O) groups is 1. The molecule has 0 bridgehead atoms. The first-order valence-corrected chi connectivity index (χ1v) is 10.2. The van der Waals surface area contributed by atoms with Gasteiger partial charge in [-0.1, -0.05) is 42.4 Å². The molecule has 1 amide bonds. The molecule has 3 rings (SSSR count). The molecular formula is C18H22ClN7OS. The molecular weight excluding hydrogens is 398 g/mol. The zero-order chi connectivity index (χ0) is 20.3. The molecule has 0 saturated heterocycles. The molecule has 28 heavy (non-hydrogen) atoms. The van der Waals surface area contributed by atoms with Crippen molar-refractivity contribution in [2.24, 2.45) is 0 Å². The largest absolute Gasteiger partial charge is 0.349 e. The van der Waals surface area contributed by atoms with E-state index in [0.717, 1.165) is 23.4 Å². The quantitative estimate of drug-likeness (QED) is 0.450. The number of aromatic nitrogens is 5. The van der Waals surface area contributed by atoms with Crippen molar-refractivity contribution >= 4 is 29.3 Å². The summed E-state index contributed by atoms with van der Waals surface area (Å²) in [5.74, 6) is 6.57. The minimum absolute atomic E-state index is 0.0774. The van der Waals surface area contributed by atoms with Crippen molar-refractivity contribution in [3.8, 4) is 5.95 Å². The van der Waals surface area contributed by atoms with Gasteiger partial charge < -0.3 is 11.2 Å². The van der Waals surface area contributed by atoms with Crippen LogP contribution in [0, 0.1) is 13.8 Å². The average molecular weight is 420 g/mol. The number of nitrogens with two attached hydrogens (primary N) is 1. The number of aryl methyl sites for hydroxylation is 2. The third-order valence-corrected chi connectivity index (χ3v) is 5.39. The number of nitrogens with zero attached hydrogens (tertiary/aromatic N) is 5. The lowest BCUT2D eigenvalue weighted by molar-refractivity contribution is -0.119. The Kier molecular flexibility index (Phi) is 6.25. The Balaban J connectivity index is 1.63. The van der Waals surface area contributed by atoms with Gasteiger partial charge in [-0.25, -0.2) is 9.36 Å². The molecule has 0 aliphatic rings. The molecule has 1 aromatic carbocycles. The fraction of sp³-hybridized carbons (Fsp3) is 0.333. The minimum atomic E-state index is -0.109. The lowest BCUT2D eigenvalue weighted by Gasteiger charge is -2.17. The molecule has 3 aromatic rings. The summed E-state index contributed by atoms with van der Waals surface area (Å²) in [6.07, 6.45) is 0.771. The molecule has 3 N–H and O–H groups in total. The fourth-order valence-corrected chi connectivity index (χ4v) is 3.61. The van der Waals surface area contributed by atoms with Gasteiger partial charge in [-0.15, -0.1) is 10.2 Å². The molecule has 0 aliphatic carbocycles. The number of rotatable bonds is 7. The molecule has 0 fully saturated rings. The van der Waals surface area contributed by atoms with Gasteiger partial charge in [0.25, 0.3) is 5.95 Å². The number of thioether (sulfide) groups is 1. The maximum Gasteiger partial charge on any atom is 0.271 e. The number of carbonyl (C=O) groups excluding carboxylic acids is 1. The van der Waals surface area contributed by atoms with Crippen molar-refractivity contribution in [2.45, 2.75) is 38.4 Å². The van der Waals surface area contributed by atoms with Crippen molar-refractivity contribution < 1.29 is 4.79 Å². The van der Waals surface area contributed by atoms with Crippen molar-refractivity contribution in [2.75, 3.05) is 11.6 Å². The van der Waals surface area contributed by atoms with Crippen LogP contribution in [0.15, 0.2) is 35.5 Å². The summed E-state index contributed by atoms with van der Waals surface area (Å²) in [5.41, 5.74) is 2.78. The first kappa shape index (κ1) is 20.2. The Bertz CT molecular complexity index is 967. The normalized spacial score (nSPS) is 12.1. The predicted octanol–water partition coefficient (Wildman–Crippen LogP) is 2.81. The highest BCUT2D eigenvalue weighted by atomic mass is 35.5. The molecule has 1 atom stereocenters. The predicted molar refractivity (Wildman–Crippen MR) is 110 cm³/mol. The Hall–Kier alpha value is -2.52. The van der Waals surface area contributed by atoms with Gasteiger partial charge in [0.15, 0.2) is 0 Å². The van der Waals surface area contributed by atoms with Crippen LogP contribution < -0.4 is 11.2 Å². The zero-order valence-electron chi connectivity index (χ0n) is 15.9. The van der Waals surface area contributed by atoms with E-state index in [1.807, 2.05) is 51.1 Å². The first-order valence-electron chi connectivity index (χ1n) is 8.80. The summed E-state index contributed by atoms with van der Waals surface area (Å²) in [6.45, 7) is 5.83. The van der Waals surface area contributed by atoms with Gasteiger partial charge in [-0.05, 0) is 44.0 Å². The number of nitrogen functional groups attached to an aromatic ring is 1. The number of halogens is 1. The average Bonchev–Trinajstić information content (AvgIpc) is 3.19. The molecule has 0 spiro atoms. The van der Waals surface area contributed by atoms with E-state index in [4.69, 9.17) is 17.4 Å². The monoisotopic (exact) mass is 419 g/mol. The Morgan fingerprint density at radius 3 is 2.61 bits per heavy atom. The SMILES string of the molecule is CCC(NC(=O)CSc1nnc(-n2nc(C)cc2C)n1N)c1ccc(Cl)cc1. The van der Waals surface area contributed by atoms with E-state index in [1.54, 1.807) is 4.68 Å². The van der Waals surface area contributed by atoms with Gasteiger partial charge in [0.1, 0.15) is 0 Å². The number of amides is 1. The van der Waals surface area contributed by atoms with Crippen LogP contribution in [0.1, 0.15) is 36.3 Å². The molecule has 0 aliphatic heterocycles. The standard InChI is InChI=1S/C18H22ClN7OS/c1-4-15(13-5-7-14(19)8-6-13)21-16(27)10-28-18-23-22-17(25(18)20)26-12(3)9-11(2)24-26/h5-9,15H,4,10,20H2,1-3H3,(H,21,27). The van der Waals surface area contributed by atoms with E-state index >= 15 is 0 Å². The molecule has 148 valence electrons. The van der Waals surface area contributed by atoms with Crippen LogP contribution in [-0.4, -0.2) is 36.3 Å². The Morgan fingerprint density at radius 1 is 1.29 bits per heavy atom. The van der Waals surface area contributed by atoms with Gasteiger partial charge in [0, 0.05) is 10.7 Å². The first-order chi connectivity index (χ1) is 13.4. The molecule has 1 unspecified atom stereocenters. The Morgan fingerprint density at radius 2 is 2.00 bits per heavy atom. The van der Waals surface area contributed by atoms with Crippen LogP contribution in [0.4, 0.5) is 0 Å². The second-order valence-corrected chi connectivity index (χ2v) is 7.74. The molecule has 0 saturated carbocycles. The summed E-state index contributed by atoms with van der Waals surface area (Å²) in [7, 11) is 0. The van der Waals surface area contributed by atoms with Gasteiger partial charge in [-0.2, -0.15) is 5.10 Å². The highest BCUT2D eigenvalue weighted by Crippen LogP contribution is 2.21. The highest BCUT2D eigenvalue weighted by molar-refractivity contribution is 7.99. The number of hydrogen-bond acceptors (Lipinski definition) is 6. The van der Waals surface area contributed by atoms with Crippen LogP contribution in [0.3, 0.4) is 0 Å². The second kappa shape index (κ2) is 8.66. The van der Waals surface area contributed by atoms with Crippen LogP contribution in [0.5, 0.6) is 0 Å². The summed E-state index contributed by atoms with van der Waals surface area (Å²) in [6, 6.07) is 9.32. The smallest absolute Gasteiger partial charge is 0.271 e. The summed E-state index contributed by atoms with van der Waals surface area (Å²) >= 11 is 7.15. The van der Waals surface area contributed by atoms with Crippen molar-refractivity contribution in [3.63, 3.8) is 0 Å². The zero-order valence-corrected chi connectivity index (χ0v) is 17.5. The molecule has 10 heteroatoms. The van der Waals surface area contributed by atoms with Crippen LogP contribution in [0.2, 0.25) is 5.02 Å². The van der Waals surface area contributed by atoms with Crippen LogP contribution >= 0.6 is 23.4 Å². The number of hydrogen-bond donors (Lipinski definition) is 2. The van der Waals surface area contributed by atoms with Gasteiger partial charge in [0.05, 0.1) is 17.5 Å². The fourth-order valence-electron chi connectivity index (χ4n) is 2.83. The van der Waals surface area contributed by atoms with Gasteiger partial charge in [-0.3, -0.25) is 4.79 Å². The molecule has 0 radical (unpaired) electrons. The Labute approximate surface area is 172 Å². The molecule has 2 aromatic heterocycles. The molecule has 8 nitrogen and oxygen atoms in total. The maximum absolute atomic E-state index is 12.4. The minimum Gasteiger partial charge on any atom is -0.349 e. The maximum atomic E-state index is 12.4. The topological polar surface area (TPSA) is 104 Å². The van der Waals surface area contributed by atoms with Gasteiger partial charge >= 0.3 is 0 Å². The summed E-state index contributed by atoms with van der Waals surface area (Å²) < 4.78 is 2.97. The van der Waals surface area contributed by atoms with Crippen molar-refractivity contribution in [3.05, 3.63) is 52.3 Å². The second-order valence-electron chi connectivity index (χ2n) is 6.36. The summed E-state index contributed by atoms with van der Waals surface area (Å²) in [5, 5.41) is 16.7. The van der Waals surface area contributed by atoms with Crippen molar-refractivity contribution in [1.29, 1.82) is 0 Å². The van der Waals surface area contributed by atoms with E-state index in [1.165, 1.54) is 16.4 Å². The van der Waals surface area contributed by atoms with E-state index in [2.05, 4.69) is 20.6 Å². The third-order valence-electron chi connectivity index (χ3n) is 4.19. The van der Waals surface area contributed by atoms with E-state index in [-0.39, 0.29) is 17.7 Å².